The van der Waals surface area contributed by atoms with E-state index in [-0.39, 0.29) is 31.2 Å². The minimum Gasteiger partial charge on any atom is -0.454 e. The van der Waals surface area contributed by atoms with Gasteiger partial charge in [-0.3, -0.25) is 4.79 Å². The molecule has 0 bridgehead atoms. The van der Waals surface area contributed by atoms with Crippen LogP contribution in [0.2, 0.25) is 0 Å². The van der Waals surface area contributed by atoms with E-state index in [0.29, 0.717) is 17.9 Å². The first-order valence-electron chi connectivity index (χ1n) is 7.81. The predicted octanol–water partition coefficient (Wildman–Crippen LogP) is 2.48. The largest absolute Gasteiger partial charge is 0.454 e. The minimum atomic E-state index is -1.11. The molecule has 0 aromatic heterocycles. The third-order valence-electron chi connectivity index (χ3n) is 3.90. The highest BCUT2D eigenvalue weighted by Crippen LogP contribution is 2.32. The maximum absolute atomic E-state index is 13.1. The number of aryl methyl sites for hydroxylation is 1. The molecule has 1 heterocycles. The molecule has 1 atom stereocenters. The van der Waals surface area contributed by atoms with Crippen LogP contribution in [0.25, 0.3) is 0 Å². The molecule has 1 aliphatic heterocycles. The van der Waals surface area contributed by atoms with Crippen LogP contribution >= 0.6 is 0 Å². The molecule has 1 unspecified atom stereocenters. The smallest absolute Gasteiger partial charge is 0.231 e. The topological polar surface area (TPSA) is 67.8 Å². The van der Waals surface area contributed by atoms with Gasteiger partial charge >= 0.3 is 0 Å². The highest BCUT2D eigenvalue weighted by atomic mass is 19.2. The lowest BCUT2D eigenvalue weighted by molar-refractivity contribution is -0.121. The Bertz CT molecular complexity index is 782. The third-order valence-corrected chi connectivity index (χ3v) is 3.90. The molecule has 0 saturated heterocycles. The third kappa shape index (κ3) is 4.24. The van der Waals surface area contributed by atoms with Crippen molar-refractivity contribution < 1.29 is 28.2 Å². The van der Waals surface area contributed by atoms with Gasteiger partial charge in [0.25, 0.3) is 0 Å². The van der Waals surface area contributed by atoms with E-state index < -0.39 is 17.7 Å². The lowest BCUT2D eigenvalue weighted by Gasteiger charge is -2.12. The van der Waals surface area contributed by atoms with Gasteiger partial charge in [0.15, 0.2) is 23.1 Å². The summed E-state index contributed by atoms with van der Waals surface area (Å²) in [4.78, 5) is 11.9. The average molecular weight is 349 g/mol. The van der Waals surface area contributed by atoms with Crippen molar-refractivity contribution >= 4 is 5.91 Å². The van der Waals surface area contributed by atoms with E-state index in [1.165, 1.54) is 6.07 Å². The monoisotopic (exact) mass is 349 g/mol. The van der Waals surface area contributed by atoms with Crippen LogP contribution in [0, 0.1) is 11.6 Å². The number of aliphatic hydroxyl groups excluding tert-OH is 1. The minimum absolute atomic E-state index is 0.0783. The number of aliphatic hydroxyl groups is 1. The lowest BCUT2D eigenvalue weighted by Crippen LogP contribution is -2.28. The second-order valence-electron chi connectivity index (χ2n) is 5.68. The number of hydrogen-bond donors (Lipinski definition) is 2. The van der Waals surface area contributed by atoms with Gasteiger partial charge in [0.1, 0.15) is 0 Å². The Hall–Kier alpha value is -2.67. The van der Waals surface area contributed by atoms with Crippen LogP contribution in [-0.4, -0.2) is 24.4 Å². The van der Waals surface area contributed by atoms with E-state index in [2.05, 4.69) is 5.32 Å². The zero-order valence-electron chi connectivity index (χ0n) is 13.3. The fraction of sp³-hybridized carbons (Fsp3) is 0.278. The predicted molar refractivity (Wildman–Crippen MR) is 85.2 cm³/mol. The van der Waals surface area contributed by atoms with Gasteiger partial charge in [0.05, 0.1) is 6.10 Å². The normalized spacial score (nSPS) is 13.6. The Labute approximate surface area is 143 Å². The van der Waals surface area contributed by atoms with E-state index in [1.807, 2.05) is 12.1 Å². The van der Waals surface area contributed by atoms with Gasteiger partial charge in [0, 0.05) is 13.0 Å². The SMILES string of the molecule is O=C(CCc1ccc2c(c1)OCO2)NCC(O)c1ccc(F)c(F)c1. The van der Waals surface area contributed by atoms with Crippen LogP contribution in [-0.2, 0) is 11.2 Å². The highest BCUT2D eigenvalue weighted by Gasteiger charge is 2.15. The molecule has 3 rings (SSSR count). The number of halogens is 2. The molecule has 132 valence electrons. The summed E-state index contributed by atoms with van der Waals surface area (Å²) in [6, 6.07) is 8.61. The Kier molecular flexibility index (Phi) is 5.14. The zero-order chi connectivity index (χ0) is 17.8. The molecular weight excluding hydrogens is 332 g/mol. The number of carbonyl (C=O) groups excluding carboxylic acids is 1. The molecule has 2 N–H and O–H groups in total. The average Bonchev–Trinajstić information content (AvgIpc) is 3.08. The molecule has 0 fully saturated rings. The molecule has 0 spiro atoms. The van der Waals surface area contributed by atoms with E-state index in [4.69, 9.17) is 9.47 Å². The molecule has 0 radical (unpaired) electrons. The van der Waals surface area contributed by atoms with Crippen LogP contribution in [0.3, 0.4) is 0 Å². The second-order valence-corrected chi connectivity index (χ2v) is 5.68. The Morgan fingerprint density at radius 2 is 1.92 bits per heavy atom. The molecule has 7 heteroatoms. The van der Waals surface area contributed by atoms with Gasteiger partial charge in [-0.15, -0.1) is 0 Å². The fourth-order valence-corrected chi connectivity index (χ4v) is 2.49. The Balaban J connectivity index is 1.47. The Morgan fingerprint density at radius 3 is 2.72 bits per heavy atom. The van der Waals surface area contributed by atoms with Crippen LogP contribution in [0.4, 0.5) is 8.78 Å². The number of fused-ring (bicyclic) bond motifs is 1. The maximum atomic E-state index is 13.1. The van der Waals surface area contributed by atoms with Crippen molar-refractivity contribution in [3.05, 3.63) is 59.2 Å². The van der Waals surface area contributed by atoms with E-state index in [9.17, 15) is 18.7 Å². The first kappa shape index (κ1) is 17.2. The summed E-state index contributed by atoms with van der Waals surface area (Å²) in [6.45, 7) is 0.117. The quantitative estimate of drug-likeness (QED) is 0.841. The van der Waals surface area contributed by atoms with Crippen LogP contribution in [0.15, 0.2) is 36.4 Å². The van der Waals surface area contributed by atoms with Gasteiger partial charge in [-0.05, 0) is 41.8 Å². The summed E-state index contributed by atoms with van der Waals surface area (Å²) in [5.74, 6) is -0.928. The number of rotatable bonds is 6. The Morgan fingerprint density at radius 1 is 1.12 bits per heavy atom. The van der Waals surface area contributed by atoms with Gasteiger partial charge in [0.2, 0.25) is 12.7 Å². The number of amides is 1. The van der Waals surface area contributed by atoms with Crippen molar-refractivity contribution in [3.8, 4) is 11.5 Å². The summed E-state index contributed by atoms with van der Waals surface area (Å²) < 4.78 is 36.5. The van der Waals surface area contributed by atoms with Crippen molar-refractivity contribution in [2.45, 2.75) is 18.9 Å². The highest BCUT2D eigenvalue weighted by molar-refractivity contribution is 5.76. The van der Waals surface area contributed by atoms with Crippen molar-refractivity contribution in [1.29, 1.82) is 0 Å². The van der Waals surface area contributed by atoms with Gasteiger partial charge < -0.3 is 19.9 Å². The number of carbonyl (C=O) groups is 1. The lowest BCUT2D eigenvalue weighted by atomic mass is 10.1. The molecular formula is C18H17F2NO4. The van der Waals surface area contributed by atoms with Crippen molar-refractivity contribution in [2.24, 2.45) is 0 Å². The van der Waals surface area contributed by atoms with Crippen molar-refractivity contribution in [3.63, 3.8) is 0 Å². The maximum Gasteiger partial charge on any atom is 0.231 e. The molecule has 25 heavy (non-hydrogen) atoms. The molecule has 1 amide bonds. The number of benzene rings is 2. The van der Waals surface area contributed by atoms with Crippen LogP contribution in [0.1, 0.15) is 23.7 Å². The summed E-state index contributed by atoms with van der Waals surface area (Å²) >= 11 is 0. The molecule has 5 nitrogen and oxygen atoms in total. The van der Waals surface area contributed by atoms with E-state index >= 15 is 0 Å². The number of hydrogen-bond acceptors (Lipinski definition) is 4. The summed E-state index contributed by atoms with van der Waals surface area (Å²) in [5, 5.41) is 12.5. The second kappa shape index (κ2) is 7.48. The standard InChI is InChI=1S/C18H17F2NO4/c19-13-4-3-12(8-14(13)20)15(22)9-21-18(23)6-2-11-1-5-16-17(7-11)25-10-24-16/h1,3-5,7-8,15,22H,2,6,9-10H2,(H,21,23). The van der Waals surface area contributed by atoms with Crippen LogP contribution in [0.5, 0.6) is 11.5 Å². The summed E-state index contributed by atoms with van der Waals surface area (Å²) in [6.07, 6.45) is -0.377. The van der Waals surface area contributed by atoms with Gasteiger partial charge in [-0.2, -0.15) is 0 Å². The first-order chi connectivity index (χ1) is 12.0. The molecule has 0 saturated carbocycles. The zero-order valence-corrected chi connectivity index (χ0v) is 13.3. The van der Waals surface area contributed by atoms with Crippen LogP contribution < -0.4 is 14.8 Å². The van der Waals surface area contributed by atoms with Gasteiger partial charge in [-0.1, -0.05) is 12.1 Å². The van der Waals surface area contributed by atoms with E-state index in [1.54, 1.807) is 6.07 Å². The first-order valence-corrected chi connectivity index (χ1v) is 7.81. The summed E-state index contributed by atoms with van der Waals surface area (Å²) in [7, 11) is 0. The number of ether oxygens (including phenoxy) is 2. The molecule has 2 aromatic carbocycles. The molecule has 1 aliphatic rings. The fourth-order valence-electron chi connectivity index (χ4n) is 2.49. The van der Waals surface area contributed by atoms with Crippen molar-refractivity contribution in [1.82, 2.24) is 5.32 Å². The van der Waals surface area contributed by atoms with Crippen molar-refractivity contribution in [2.75, 3.05) is 13.3 Å². The molecule has 0 aliphatic carbocycles. The summed E-state index contributed by atoms with van der Waals surface area (Å²) in [5.41, 5.74) is 1.13. The van der Waals surface area contributed by atoms with Gasteiger partial charge in [-0.25, -0.2) is 8.78 Å². The molecule has 2 aromatic rings. The number of nitrogens with one attached hydrogen (secondary N) is 1. The van der Waals surface area contributed by atoms with E-state index in [0.717, 1.165) is 17.7 Å².